The summed E-state index contributed by atoms with van der Waals surface area (Å²) in [6.07, 6.45) is 0. The van der Waals surface area contributed by atoms with Crippen molar-refractivity contribution in [3.05, 3.63) is 69.8 Å². The summed E-state index contributed by atoms with van der Waals surface area (Å²) >= 11 is 0. The Balaban J connectivity index is 2.19. The lowest BCUT2D eigenvalue weighted by atomic mass is 10.1. The first-order chi connectivity index (χ1) is 9.58. The quantitative estimate of drug-likeness (QED) is 0.668. The zero-order valence-corrected chi connectivity index (χ0v) is 10.4. The number of aromatic carboxylic acids is 1. The number of hydrogen-bond donors (Lipinski definition) is 1. The summed E-state index contributed by atoms with van der Waals surface area (Å²) in [5.41, 5.74) is 0.0767. The van der Waals surface area contributed by atoms with E-state index in [0.717, 1.165) is 17.7 Å². The van der Waals surface area contributed by atoms with Gasteiger partial charge < -0.3 is 9.84 Å². The lowest BCUT2D eigenvalue weighted by molar-refractivity contribution is -0.385. The van der Waals surface area contributed by atoms with E-state index in [1.807, 2.05) is 30.3 Å². The van der Waals surface area contributed by atoms with Crippen LogP contribution in [0.1, 0.15) is 15.9 Å². The van der Waals surface area contributed by atoms with Gasteiger partial charge >= 0.3 is 5.97 Å². The summed E-state index contributed by atoms with van der Waals surface area (Å²) in [7, 11) is 0. The highest BCUT2D eigenvalue weighted by atomic mass is 16.6. The number of nitro groups is 1. The molecule has 2 aromatic rings. The third-order valence-corrected chi connectivity index (χ3v) is 2.64. The first-order valence-corrected chi connectivity index (χ1v) is 5.76. The second-order valence-corrected chi connectivity index (χ2v) is 4.02. The third-order valence-electron chi connectivity index (χ3n) is 2.64. The van der Waals surface area contributed by atoms with Gasteiger partial charge in [0.2, 0.25) is 0 Å². The van der Waals surface area contributed by atoms with Crippen LogP contribution in [-0.4, -0.2) is 16.0 Å². The molecule has 0 aliphatic carbocycles. The highest BCUT2D eigenvalue weighted by Crippen LogP contribution is 2.24. The Morgan fingerprint density at radius 1 is 1.20 bits per heavy atom. The minimum atomic E-state index is -1.36. The summed E-state index contributed by atoms with van der Waals surface area (Å²) in [5, 5.41) is 19.7. The summed E-state index contributed by atoms with van der Waals surface area (Å²) in [5.74, 6) is -1.08. The summed E-state index contributed by atoms with van der Waals surface area (Å²) in [6, 6.07) is 13.0. The number of nitro benzene ring substituents is 1. The molecule has 0 aliphatic heterocycles. The predicted octanol–water partition coefficient (Wildman–Crippen LogP) is 2.87. The normalized spacial score (nSPS) is 10.0. The maximum absolute atomic E-state index is 11.0. The van der Waals surface area contributed by atoms with Crippen LogP contribution in [0, 0.1) is 10.1 Å². The fraction of sp³-hybridized carbons (Fsp3) is 0.0714. The van der Waals surface area contributed by atoms with Crippen LogP contribution in [0.3, 0.4) is 0 Å². The van der Waals surface area contributed by atoms with Crippen LogP contribution in [0.2, 0.25) is 0 Å². The summed E-state index contributed by atoms with van der Waals surface area (Å²) < 4.78 is 5.43. The molecule has 1 N–H and O–H groups in total. The average Bonchev–Trinajstić information content (AvgIpc) is 2.45. The highest BCUT2D eigenvalue weighted by molar-refractivity contribution is 5.92. The van der Waals surface area contributed by atoms with Crippen molar-refractivity contribution in [2.24, 2.45) is 0 Å². The number of hydrogen-bond acceptors (Lipinski definition) is 4. The molecule has 0 radical (unpaired) electrons. The van der Waals surface area contributed by atoms with Crippen LogP contribution in [0.15, 0.2) is 48.5 Å². The lowest BCUT2D eigenvalue weighted by Gasteiger charge is -2.07. The van der Waals surface area contributed by atoms with Gasteiger partial charge in [-0.1, -0.05) is 30.3 Å². The molecular formula is C14H11NO5. The molecule has 2 rings (SSSR count). The van der Waals surface area contributed by atoms with Crippen molar-refractivity contribution in [3.8, 4) is 5.75 Å². The fourth-order valence-corrected chi connectivity index (χ4v) is 1.68. The van der Waals surface area contributed by atoms with Gasteiger partial charge in [-0.05, 0) is 11.6 Å². The Hall–Kier alpha value is -2.89. The number of nitrogens with zero attached hydrogens (tertiary/aromatic N) is 1. The van der Waals surface area contributed by atoms with Gasteiger partial charge in [0.15, 0.2) is 0 Å². The maximum Gasteiger partial charge on any atom is 0.342 e. The number of ether oxygens (including phenoxy) is 1. The van der Waals surface area contributed by atoms with Crippen molar-refractivity contribution in [1.29, 1.82) is 0 Å². The van der Waals surface area contributed by atoms with Gasteiger partial charge in [-0.15, -0.1) is 0 Å². The van der Waals surface area contributed by atoms with E-state index in [1.165, 1.54) is 6.07 Å². The predicted molar refractivity (Wildman–Crippen MR) is 70.8 cm³/mol. The molecule has 0 fully saturated rings. The van der Waals surface area contributed by atoms with Crippen LogP contribution < -0.4 is 4.74 Å². The Bertz CT molecular complexity index is 639. The number of rotatable bonds is 5. The second-order valence-electron chi connectivity index (χ2n) is 4.02. The molecule has 0 atom stereocenters. The molecule has 0 aliphatic rings. The fourth-order valence-electron chi connectivity index (χ4n) is 1.68. The molecule has 0 heterocycles. The molecule has 6 heteroatoms. The molecule has 102 valence electrons. The van der Waals surface area contributed by atoms with Crippen LogP contribution in [-0.2, 0) is 6.61 Å². The van der Waals surface area contributed by atoms with Gasteiger partial charge in [-0.3, -0.25) is 10.1 Å². The summed E-state index contributed by atoms with van der Waals surface area (Å²) in [6.45, 7) is 0.262. The zero-order chi connectivity index (χ0) is 14.5. The van der Waals surface area contributed by atoms with Crippen molar-refractivity contribution >= 4 is 11.7 Å². The lowest BCUT2D eigenvalue weighted by Crippen LogP contribution is -2.04. The topological polar surface area (TPSA) is 89.7 Å². The molecular weight excluding hydrogens is 262 g/mol. The van der Waals surface area contributed by atoms with Crippen molar-refractivity contribution in [3.63, 3.8) is 0 Å². The molecule has 20 heavy (non-hydrogen) atoms. The minimum Gasteiger partial charge on any atom is -0.489 e. The molecule has 0 spiro atoms. The molecule has 0 aromatic heterocycles. The van der Waals surface area contributed by atoms with Crippen molar-refractivity contribution in [2.75, 3.05) is 0 Å². The zero-order valence-electron chi connectivity index (χ0n) is 10.4. The van der Waals surface area contributed by atoms with Gasteiger partial charge in [0.25, 0.3) is 5.69 Å². The third kappa shape index (κ3) is 3.11. The van der Waals surface area contributed by atoms with E-state index < -0.39 is 16.6 Å². The van der Waals surface area contributed by atoms with Gasteiger partial charge in [-0.25, -0.2) is 4.79 Å². The van der Waals surface area contributed by atoms with Gasteiger partial charge in [0.05, 0.1) is 4.92 Å². The molecule has 0 amide bonds. The Kier molecular flexibility index (Phi) is 3.95. The largest absolute Gasteiger partial charge is 0.489 e. The molecule has 6 nitrogen and oxygen atoms in total. The van der Waals surface area contributed by atoms with Crippen LogP contribution >= 0.6 is 0 Å². The molecule has 2 aromatic carbocycles. The monoisotopic (exact) mass is 273 g/mol. The number of carboxylic acids is 1. The number of benzene rings is 2. The number of carbonyl (C=O) groups is 1. The maximum atomic E-state index is 11.0. The van der Waals surface area contributed by atoms with Gasteiger partial charge in [0, 0.05) is 12.1 Å². The first-order valence-electron chi connectivity index (χ1n) is 5.76. The van der Waals surface area contributed by atoms with E-state index in [1.54, 1.807) is 0 Å². The van der Waals surface area contributed by atoms with Crippen LogP contribution in [0.5, 0.6) is 5.75 Å². The van der Waals surface area contributed by atoms with E-state index in [4.69, 9.17) is 9.84 Å². The van der Waals surface area contributed by atoms with E-state index in [-0.39, 0.29) is 17.9 Å². The van der Waals surface area contributed by atoms with Crippen LogP contribution in [0.25, 0.3) is 0 Å². The summed E-state index contributed by atoms with van der Waals surface area (Å²) in [4.78, 5) is 21.0. The van der Waals surface area contributed by atoms with E-state index in [2.05, 4.69) is 0 Å². The second kappa shape index (κ2) is 5.83. The standard InChI is InChI=1S/C14H11NO5/c16-14(17)12-8-11(6-7-13(12)15(18)19)20-9-10-4-2-1-3-5-10/h1-8H,9H2,(H,16,17). The Morgan fingerprint density at radius 3 is 2.50 bits per heavy atom. The smallest absolute Gasteiger partial charge is 0.342 e. The Morgan fingerprint density at radius 2 is 1.90 bits per heavy atom. The van der Waals surface area contributed by atoms with Crippen molar-refractivity contribution in [1.82, 2.24) is 0 Å². The van der Waals surface area contributed by atoms with E-state index in [9.17, 15) is 14.9 Å². The van der Waals surface area contributed by atoms with Gasteiger partial charge in [-0.2, -0.15) is 0 Å². The Labute approximate surface area is 114 Å². The first kappa shape index (κ1) is 13.5. The van der Waals surface area contributed by atoms with E-state index >= 15 is 0 Å². The van der Waals surface area contributed by atoms with Crippen molar-refractivity contribution in [2.45, 2.75) is 6.61 Å². The highest BCUT2D eigenvalue weighted by Gasteiger charge is 2.20. The average molecular weight is 273 g/mol. The molecule has 0 saturated heterocycles. The van der Waals surface area contributed by atoms with Crippen LogP contribution in [0.4, 0.5) is 5.69 Å². The van der Waals surface area contributed by atoms with Gasteiger partial charge in [0.1, 0.15) is 17.9 Å². The molecule has 0 unspecified atom stereocenters. The number of carboxylic acid groups (broad SMARTS) is 1. The SMILES string of the molecule is O=C(O)c1cc(OCc2ccccc2)ccc1[N+](=O)[O-]. The molecule has 0 saturated carbocycles. The minimum absolute atomic E-state index is 0.262. The van der Waals surface area contributed by atoms with E-state index in [0.29, 0.717) is 0 Å². The van der Waals surface area contributed by atoms with Crippen molar-refractivity contribution < 1.29 is 19.6 Å². The molecule has 0 bridgehead atoms.